The van der Waals surface area contributed by atoms with Crippen molar-refractivity contribution in [3.05, 3.63) is 11.9 Å². The molecule has 0 aromatic carbocycles. The average Bonchev–Trinajstić information content (AvgIpc) is 2.95. The van der Waals surface area contributed by atoms with Gasteiger partial charge in [0.15, 0.2) is 5.75 Å². The van der Waals surface area contributed by atoms with Crippen LogP contribution in [0.5, 0.6) is 5.75 Å². The molecule has 1 atom stereocenters. The molecular formula is C13H23N3O. The fourth-order valence-corrected chi connectivity index (χ4v) is 2.93. The smallest absolute Gasteiger partial charge is 0.161 e. The molecule has 1 fully saturated rings. The summed E-state index contributed by atoms with van der Waals surface area (Å²) in [6, 6.07) is 0.348. The molecule has 0 saturated heterocycles. The molecule has 4 nitrogen and oxygen atoms in total. The maximum absolute atomic E-state index is 5.39. The quantitative estimate of drug-likeness (QED) is 0.854. The Morgan fingerprint density at radius 1 is 1.53 bits per heavy atom. The van der Waals surface area contributed by atoms with Crippen LogP contribution in [0.4, 0.5) is 0 Å². The number of nitrogens with one attached hydrogen (secondary N) is 1. The first-order valence-corrected chi connectivity index (χ1v) is 6.49. The Kier molecular flexibility index (Phi) is 4.05. The van der Waals surface area contributed by atoms with Crippen molar-refractivity contribution in [2.45, 2.75) is 38.1 Å². The number of aryl methyl sites for hydroxylation is 1. The fourth-order valence-electron chi connectivity index (χ4n) is 2.93. The van der Waals surface area contributed by atoms with Gasteiger partial charge in [0.1, 0.15) is 0 Å². The van der Waals surface area contributed by atoms with Gasteiger partial charge in [-0.1, -0.05) is 25.7 Å². The van der Waals surface area contributed by atoms with E-state index in [1.54, 1.807) is 13.3 Å². The van der Waals surface area contributed by atoms with E-state index in [2.05, 4.69) is 10.4 Å². The summed E-state index contributed by atoms with van der Waals surface area (Å²) < 4.78 is 7.32. The molecular weight excluding hydrogens is 214 g/mol. The summed E-state index contributed by atoms with van der Waals surface area (Å²) in [6.07, 6.45) is 8.52. The Balaban J connectivity index is 2.12. The molecule has 1 aromatic rings. The zero-order valence-corrected chi connectivity index (χ0v) is 11.1. The van der Waals surface area contributed by atoms with E-state index in [4.69, 9.17) is 4.74 Å². The van der Waals surface area contributed by atoms with Crippen molar-refractivity contribution in [1.82, 2.24) is 15.1 Å². The van der Waals surface area contributed by atoms with Gasteiger partial charge < -0.3 is 10.1 Å². The Hall–Kier alpha value is -1.03. The summed E-state index contributed by atoms with van der Waals surface area (Å²) in [5.74, 6) is 1.75. The van der Waals surface area contributed by atoms with Gasteiger partial charge in [0, 0.05) is 7.05 Å². The molecule has 0 radical (unpaired) electrons. The number of nitrogens with zero attached hydrogens (tertiary/aromatic N) is 2. The van der Waals surface area contributed by atoms with Crippen LogP contribution in [0.25, 0.3) is 0 Å². The second-order valence-electron chi connectivity index (χ2n) is 4.95. The zero-order valence-electron chi connectivity index (χ0n) is 11.1. The summed E-state index contributed by atoms with van der Waals surface area (Å²) in [6.45, 7) is 0. The van der Waals surface area contributed by atoms with E-state index >= 15 is 0 Å². The zero-order chi connectivity index (χ0) is 12.3. The van der Waals surface area contributed by atoms with Gasteiger partial charge in [0.25, 0.3) is 0 Å². The summed E-state index contributed by atoms with van der Waals surface area (Å²) in [7, 11) is 5.71. The van der Waals surface area contributed by atoms with Crippen molar-refractivity contribution in [3.63, 3.8) is 0 Å². The van der Waals surface area contributed by atoms with E-state index in [-0.39, 0.29) is 0 Å². The highest BCUT2D eigenvalue weighted by atomic mass is 16.5. The van der Waals surface area contributed by atoms with E-state index in [1.807, 2.05) is 18.8 Å². The van der Waals surface area contributed by atoms with E-state index in [0.29, 0.717) is 6.04 Å². The van der Waals surface area contributed by atoms with Crippen LogP contribution in [-0.2, 0) is 7.05 Å². The third kappa shape index (κ3) is 2.63. The molecule has 1 heterocycles. The van der Waals surface area contributed by atoms with Crippen molar-refractivity contribution < 1.29 is 4.74 Å². The topological polar surface area (TPSA) is 39.1 Å². The van der Waals surface area contributed by atoms with Crippen molar-refractivity contribution >= 4 is 0 Å². The largest absolute Gasteiger partial charge is 0.493 e. The Bertz CT molecular complexity index is 356. The van der Waals surface area contributed by atoms with E-state index in [0.717, 1.165) is 11.7 Å². The van der Waals surface area contributed by atoms with Gasteiger partial charge in [0.2, 0.25) is 0 Å². The number of hydrogen-bond donors (Lipinski definition) is 1. The third-order valence-corrected chi connectivity index (χ3v) is 3.89. The van der Waals surface area contributed by atoms with Gasteiger partial charge in [-0.25, -0.2) is 0 Å². The van der Waals surface area contributed by atoms with Crippen LogP contribution in [-0.4, -0.2) is 23.9 Å². The Morgan fingerprint density at radius 3 is 2.82 bits per heavy atom. The van der Waals surface area contributed by atoms with Gasteiger partial charge in [-0.15, -0.1) is 0 Å². The summed E-state index contributed by atoms with van der Waals surface area (Å²) in [5, 5.41) is 7.69. The molecule has 1 aliphatic rings. The molecule has 0 aliphatic heterocycles. The third-order valence-electron chi connectivity index (χ3n) is 3.89. The second-order valence-corrected chi connectivity index (χ2v) is 4.95. The second kappa shape index (κ2) is 5.54. The molecule has 17 heavy (non-hydrogen) atoms. The first-order valence-electron chi connectivity index (χ1n) is 6.49. The lowest BCUT2D eigenvalue weighted by atomic mass is 9.96. The number of hydrogen-bond acceptors (Lipinski definition) is 3. The van der Waals surface area contributed by atoms with Gasteiger partial charge in [0.05, 0.1) is 25.0 Å². The molecule has 1 aromatic heterocycles. The van der Waals surface area contributed by atoms with Crippen LogP contribution in [0.15, 0.2) is 6.20 Å². The van der Waals surface area contributed by atoms with Crippen molar-refractivity contribution in [1.29, 1.82) is 0 Å². The first-order chi connectivity index (χ1) is 8.26. The lowest BCUT2D eigenvalue weighted by Gasteiger charge is -2.21. The van der Waals surface area contributed by atoms with Gasteiger partial charge in [-0.05, 0) is 19.4 Å². The fraction of sp³-hybridized carbons (Fsp3) is 0.769. The summed E-state index contributed by atoms with van der Waals surface area (Å²) >= 11 is 0. The predicted octanol–water partition coefficient (Wildman–Crippen LogP) is 2.27. The highest BCUT2D eigenvalue weighted by molar-refractivity contribution is 5.28. The number of rotatable bonds is 5. The van der Waals surface area contributed by atoms with E-state index in [9.17, 15) is 0 Å². The number of methoxy groups -OCH3 is 1. The van der Waals surface area contributed by atoms with Crippen molar-refractivity contribution in [2.24, 2.45) is 13.0 Å². The maximum Gasteiger partial charge on any atom is 0.161 e. The van der Waals surface area contributed by atoms with E-state index in [1.165, 1.54) is 37.8 Å². The predicted molar refractivity (Wildman–Crippen MR) is 68.1 cm³/mol. The molecule has 0 amide bonds. The van der Waals surface area contributed by atoms with E-state index < -0.39 is 0 Å². The lowest BCUT2D eigenvalue weighted by Crippen LogP contribution is -2.22. The van der Waals surface area contributed by atoms with Crippen molar-refractivity contribution in [3.8, 4) is 5.75 Å². The molecule has 1 saturated carbocycles. The molecule has 2 rings (SSSR count). The van der Waals surface area contributed by atoms with Crippen LogP contribution < -0.4 is 10.1 Å². The standard InChI is InChI=1S/C13H23N3O/c1-14-11(8-10-6-4-5-7-10)13-12(17-3)9-15-16(13)2/h9-11,14H,4-8H2,1-3H3. The van der Waals surface area contributed by atoms with Crippen LogP contribution in [0.3, 0.4) is 0 Å². The molecule has 4 heteroatoms. The Labute approximate surface area is 103 Å². The van der Waals surface area contributed by atoms with Crippen molar-refractivity contribution in [2.75, 3.05) is 14.2 Å². The SMILES string of the molecule is CNC(CC1CCCC1)c1c(OC)cnn1C. The minimum Gasteiger partial charge on any atom is -0.493 e. The molecule has 1 unspecified atom stereocenters. The number of ether oxygens (including phenoxy) is 1. The summed E-state index contributed by atoms with van der Waals surface area (Å²) in [4.78, 5) is 0. The molecule has 1 aliphatic carbocycles. The van der Waals surface area contributed by atoms with Crippen LogP contribution >= 0.6 is 0 Å². The average molecular weight is 237 g/mol. The lowest BCUT2D eigenvalue weighted by molar-refractivity contribution is 0.367. The minimum atomic E-state index is 0.348. The Morgan fingerprint density at radius 2 is 2.24 bits per heavy atom. The van der Waals surface area contributed by atoms with Gasteiger partial charge in [-0.3, -0.25) is 4.68 Å². The monoisotopic (exact) mass is 237 g/mol. The normalized spacial score (nSPS) is 18.5. The van der Waals surface area contributed by atoms with Crippen LogP contribution in [0, 0.1) is 5.92 Å². The molecule has 96 valence electrons. The van der Waals surface area contributed by atoms with Gasteiger partial charge in [-0.2, -0.15) is 5.10 Å². The minimum absolute atomic E-state index is 0.348. The van der Waals surface area contributed by atoms with Crippen LogP contribution in [0.1, 0.15) is 43.8 Å². The highest BCUT2D eigenvalue weighted by Gasteiger charge is 2.24. The molecule has 0 spiro atoms. The first kappa shape index (κ1) is 12.4. The number of aromatic nitrogens is 2. The highest BCUT2D eigenvalue weighted by Crippen LogP contribution is 2.35. The molecule has 0 bridgehead atoms. The summed E-state index contributed by atoms with van der Waals surface area (Å²) in [5.41, 5.74) is 1.17. The van der Waals surface area contributed by atoms with Gasteiger partial charge >= 0.3 is 0 Å². The molecule has 1 N–H and O–H groups in total. The maximum atomic E-state index is 5.39. The van der Waals surface area contributed by atoms with Crippen LogP contribution in [0.2, 0.25) is 0 Å².